The lowest BCUT2D eigenvalue weighted by atomic mass is 9.75. The molecule has 1 fully saturated rings. The highest BCUT2D eigenvalue weighted by molar-refractivity contribution is 5.96. The van der Waals surface area contributed by atoms with Crippen LogP contribution in [-0.4, -0.2) is 38.6 Å². The quantitative estimate of drug-likeness (QED) is 0.659. The van der Waals surface area contributed by atoms with E-state index >= 15 is 0 Å². The number of methoxy groups -OCH3 is 1. The Balaban J connectivity index is 1.49. The lowest BCUT2D eigenvalue weighted by Crippen LogP contribution is -2.31. The van der Waals surface area contributed by atoms with Gasteiger partial charge in [0, 0.05) is 12.6 Å². The van der Waals surface area contributed by atoms with Crippen LogP contribution in [0.25, 0.3) is 0 Å². The number of carbonyl (C=O) groups is 1. The summed E-state index contributed by atoms with van der Waals surface area (Å²) in [4.78, 5) is 14.7. The summed E-state index contributed by atoms with van der Waals surface area (Å²) < 4.78 is 19.0. The van der Waals surface area contributed by atoms with Crippen LogP contribution in [0.15, 0.2) is 48.5 Å². The number of halogens is 1. The Bertz CT molecular complexity index is 831. The maximum atomic E-state index is 13.7. The third-order valence-corrected chi connectivity index (χ3v) is 6.27. The summed E-state index contributed by atoms with van der Waals surface area (Å²) in [5, 5.41) is 3.04. The number of hydrogen-bond donors (Lipinski definition) is 1. The van der Waals surface area contributed by atoms with E-state index in [-0.39, 0.29) is 17.8 Å². The summed E-state index contributed by atoms with van der Waals surface area (Å²) in [6, 6.07) is 14.5. The molecule has 0 spiro atoms. The minimum atomic E-state index is -0.168. The fourth-order valence-electron chi connectivity index (χ4n) is 4.79. The molecule has 5 heteroatoms. The molecular formula is C25H33FN2O2. The Morgan fingerprint density at radius 2 is 1.87 bits per heavy atom. The highest BCUT2D eigenvalue weighted by Crippen LogP contribution is 2.40. The van der Waals surface area contributed by atoms with Crippen LogP contribution < -0.4 is 10.1 Å². The predicted octanol–water partition coefficient (Wildman–Crippen LogP) is 5.06. The highest BCUT2D eigenvalue weighted by atomic mass is 19.1. The van der Waals surface area contributed by atoms with Crippen LogP contribution in [0.5, 0.6) is 5.75 Å². The first-order chi connectivity index (χ1) is 14.5. The zero-order chi connectivity index (χ0) is 21.5. The van der Waals surface area contributed by atoms with Gasteiger partial charge in [-0.25, -0.2) is 4.39 Å². The first-order valence-electron chi connectivity index (χ1n) is 10.8. The van der Waals surface area contributed by atoms with E-state index in [0.29, 0.717) is 29.7 Å². The second kappa shape index (κ2) is 10.6. The number of hydrogen-bond acceptors (Lipinski definition) is 3. The lowest BCUT2D eigenvalue weighted by Gasteiger charge is -2.37. The van der Waals surface area contributed by atoms with Gasteiger partial charge in [-0.1, -0.05) is 37.1 Å². The van der Waals surface area contributed by atoms with Gasteiger partial charge >= 0.3 is 0 Å². The standard InChI is InChI=1S/C25H33FN2O2/c1-28(2)24(20-7-6-8-21(26)17-20)19-13-11-18(12-14-19)15-16-27-25(29)22-9-4-5-10-23(22)30-3/h4-10,17-19,24H,11-16H2,1-3H3,(H,27,29). The zero-order valence-corrected chi connectivity index (χ0v) is 18.2. The molecule has 30 heavy (non-hydrogen) atoms. The molecule has 2 aromatic rings. The van der Waals surface area contributed by atoms with Crippen LogP contribution >= 0.6 is 0 Å². The molecule has 4 nitrogen and oxygen atoms in total. The van der Waals surface area contributed by atoms with Gasteiger partial charge in [-0.2, -0.15) is 0 Å². The minimum absolute atomic E-state index is 0.0834. The molecule has 0 heterocycles. The average molecular weight is 413 g/mol. The molecule has 1 aliphatic rings. The number of amides is 1. The van der Waals surface area contributed by atoms with Crippen molar-refractivity contribution < 1.29 is 13.9 Å². The van der Waals surface area contributed by atoms with Gasteiger partial charge in [0.05, 0.1) is 12.7 Å². The van der Waals surface area contributed by atoms with Gasteiger partial charge in [0.15, 0.2) is 0 Å². The topological polar surface area (TPSA) is 41.6 Å². The summed E-state index contributed by atoms with van der Waals surface area (Å²) in [6.07, 6.45) is 5.54. The van der Waals surface area contributed by atoms with Gasteiger partial charge in [-0.05, 0) is 75.0 Å². The van der Waals surface area contributed by atoms with Crippen LogP contribution in [0, 0.1) is 17.7 Å². The number of rotatable bonds is 8. The van der Waals surface area contributed by atoms with Crippen molar-refractivity contribution in [1.29, 1.82) is 0 Å². The van der Waals surface area contributed by atoms with Crippen molar-refractivity contribution in [3.8, 4) is 5.75 Å². The molecular weight excluding hydrogens is 379 g/mol. The minimum Gasteiger partial charge on any atom is -0.496 e. The monoisotopic (exact) mass is 412 g/mol. The summed E-state index contributed by atoms with van der Waals surface area (Å²) in [5.41, 5.74) is 1.64. The molecule has 0 bridgehead atoms. The smallest absolute Gasteiger partial charge is 0.255 e. The molecule has 1 saturated carbocycles. The average Bonchev–Trinajstić information content (AvgIpc) is 2.74. The Morgan fingerprint density at radius 3 is 2.53 bits per heavy atom. The van der Waals surface area contributed by atoms with E-state index in [0.717, 1.165) is 37.7 Å². The van der Waals surface area contributed by atoms with Crippen molar-refractivity contribution >= 4 is 5.91 Å². The van der Waals surface area contributed by atoms with E-state index in [4.69, 9.17) is 4.74 Å². The third kappa shape index (κ3) is 5.60. The van der Waals surface area contributed by atoms with Gasteiger partial charge in [0.25, 0.3) is 5.91 Å². The van der Waals surface area contributed by atoms with E-state index in [9.17, 15) is 9.18 Å². The Labute approximate surface area is 179 Å². The molecule has 0 saturated heterocycles. The van der Waals surface area contributed by atoms with Crippen LogP contribution in [0.2, 0.25) is 0 Å². The second-order valence-electron chi connectivity index (χ2n) is 8.49. The van der Waals surface area contributed by atoms with Crippen molar-refractivity contribution in [3.63, 3.8) is 0 Å². The van der Waals surface area contributed by atoms with Crippen LogP contribution in [0.3, 0.4) is 0 Å². The molecule has 1 amide bonds. The molecule has 0 radical (unpaired) electrons. The SMILES string of the molecule is COc1ccccc1C(=O)NCCC1CCC(C(c2cccc(F)c2)N(C)C)CC1. The van der Waals surface area contributed by atoms with Gasteiger partial charge in [-0.15, -0.1) is 0 Å². The number of para-hydroxylation sites is 1. The summed E-state index contributed by atoms with van der Waals surface area (Å²) >= 11 is 0. The molecule has 0 aliphatic heterocycles. The van der Waals surface area contributed by atoms with E-state index in [2.05, 4.69) is 24.3 Å². The second-order valence-corrected chi connectivity index (χ2v) is 8.49. The fourth-order valence-corrected chi connectivity index (χ4v) is 4.79. The maximum Gasteiger partial charge on any atom is 0.255 e. The molecule has 2 aromatic carbocycles. The molecule has 1 unspecified atom stereocenters. The van der Waals surface area contributed by atoms with Crippen LogP contribution in [-0.2, 0) is 0 Å². The van der Waals surface area contributed by atoms with Gasteiger partial charge in [0.1, 0.15) is 11.6 Å². The van der Waals surface area contributed by atoms with Crippen LogP contribution in [0.4, 0.5) is 4.39 Å². The van der Waals surface area contributed by atoms with Crippen molar-refractivity contribution in [2.75, 3.05) is 27.7 Å². The van der Waals surface area contributed by atoms with Crippen molar-refractivity contribution in [1.82, 2.24) is 10.2 Å². The number of nitrogens with zero attached hydrogens (tertiary/aromatic N) is 1. The van der Waals surface area contributed by atoms with E-state index in [1.165, 1.54) is 6.07 Å². The number of carbonyl (C=O) groups excluding carboxylic acids is 1. The van der Waals surface area contributed by atoms with E-state index in [1.807, 2.05) is 18.2 Å². The molecule has 3 rings (SSSR count). The molecule has 1 aliphatic carbocycles. The molecule has 0 aromatic heterocycles. The Kier molecular flexibility index (Phi) is 7.86. The number of benzene rings is 2. The summed E-state index contributed by atoms with van der Waals surface area (Å²) in [7, 11) is 5.74. The Hall–Kier alpha value is -2.40. The van der Waals surface area contributed by atoms with Gasteiger partial charge in [0.2, 0.25) is 0 Å². The largest absolute Gasteiger partial charge is 0.496 e. The number of nitrogens with one attached hydrogen (secondary N) is 1. The summed E-state index contributed by atoms with van der Waals surface area (Å²) in [6.45, 7) is 0.674. The van der Waals surface area contributed by atoms with Crippen molar-refractivity contribution in [2.24, 2.45) is 11.8 Å². The van der Waals surface area contributed by atoms with Gasteiger partial charge in [-0.3, -0.25) is 4.79 Å². The van der Waals surface area contributed by atoms with Gasteiger partial charge < -0.3 is 15.0 Å². The first kappa shape index (κ1) is 22.3. The van der Waals surface area contributed by atoms with E-state index in [1.54, 1.807) is 31.4 Å². The molecule has 162 valence electrons. The fraction of sp³-hybridized carbons (Fsp3) is 0.480. The lowest BCUT2D eigenvalue weighted by molar-refractivity contribution is 0.0944. The Morgan fingerprint density at radius 1 is 1.13 bits per heavy atom. The predicted molar refractivity (Wildman–Crippen MR) is 118 cm³/mol. The molecule has 1 atom stereocenters. The van der Waals surface area contributed by atoms with Crippen molar-refractivity contribution in [3.05, 3.63) is 65.5 Å². The summed E-state index contributed by atoms with van der Waals surface area (Å²) in [5.74, 6) is 1.50. The third-order valence-electron chi connectivity index (χ3n) is 6.27. The normalized spacial score (nSPS) is 20.0. The number of ether oxygens (including phenoxy) is 1. The van der Waals surface area contributed by atoms with E-state index < -0.39 is 0 Å². The molecule has 1 N–H and O–H groups in total. The first-order valence-corrected chi connectivity index (χ1v) is 10.8. The highest BCUT2D eigenvalue weighted by Gasteiger charge is 2.30. The van der Waals surface area contributed by atoms with Crippen LogP contribution in [0.1, 0.15) is 54.1 Å². The maximum absolute atomic E-state index is 13.7. The zero-order valence-electron chi connectivity index (χ0n) is 18.2. The van der Waals surface area contributed by atoms with Crippen molar-refractivity contribution in [2.45, 2.75) is 38.1 Å².